The van der Waals surface area contributed by atoms with E-state index in [4.69, 9.17) is 8.92 Å². The van der Waals surface area contributed by atoms with Gasteiger partial charge in [0.25, 0.3) is 0 Å². The number of esters is 1. The third kappa shape index (κ3) is 4.50. The fourth-order valence-corrected chi connectivity index (χ4v) is 4.04. The normalized spacial score (nSPS) is 15.0. The van der Waals surface area contributed by atoms with Gasteiger partial charge in [0.05, 0.1) is 0 Å². The van der Waals surface area contributed by atoms with Gasteiger partial charge in [0.2, 0.25) is 5.90 Å². The maximum atomic E-state index is 12.3. The van der Waals surface area contributed by atoms with Crippen LogP contribution in [-0.4, -0.2) is 20.3 Å². The number of carbonyl (C=O) groups excluding carboxylic acids is 1. The minimum absolute atomic E-state index is 0.0688. The van der Waals surface area contributed by atoms with Crippen molar-refractivity contribution in [2.45, 2.75) is 4.90 Å². The standard InChI is InChI=1S/C22H14BrNO5S/c23-17-6-4-5-16(14-17)21-24-20(22(25)28-21)13-15-9-11-18(12-10-15)29-30(26,27)19-7-2-1-3-8-19/h1-14H/b20-13-. The molecule has 0 bridgehead atoms. The van der Waals surface area contributed by atoms with Crippen LogP contribution < -0.4 is 4.18 Å². The van der Waals surface area contributed by atoms with Crippen molar-refractivity contribution in [1.29, 1.82) is 0 Å². The number of ether oxygens (including phenoxy) is 1. The molecule has 0 N–H and O–H groups in total. The molecule has 0 amide bonds. The van der Waals surface area contributed by atoms with Crippen molar-refractivity contribution in [3.63, 3.8) is 0 Å². The second-order valence-electron chi connectivity index (χ2n) is 6.27. The summed E-state index contributed by atoms with van der Waals surface area (Å²) in [5.41, 5.74) is 1.47. The Morgan fingerprint density at radius 3 is 2.37 bits per heavy atom. The van der Waals surface area contributed by atoms with E-state index in [0.717, 1.165) is 4.47 Å². The van der Waals surface area contributed by atoms with E-state index >= 15 is 0 Å². The van der Waals surface area contributed by atoms with Gasteiger partial charge >= 0.3 is 16.1 Å². The van der Waals surface area contributed by atoms with Crippen LogP contribution in [0.15, 0.2) is 98.9 Å². The summed E-state index contributed by atoms with van der Waals surface area (Å²) >= 11 is 3.37. The largest absolute Gasteiger partial charge is 0.402 e. The van der Waals surface area contributed by atoms with Gasteiger partial charge in [-0.15, -0.1) is 0 Å². The summed E-state index contributed by atoms with van der Waals surface area (Å²) in [6.07, 6.45) is 1.56. The van der Waals surface area contributed by atoms with Gasteiger partial charge in [-0.3, -0.25) is 0 Å². The Morgan fingerprint density at radius 2 is 1.67 bits per heavy atom. The van der Waals surface area contributed by atoms with E-state index in [9.17, 15) is 13.2 Å². The highest BCUT2D eigenvalue weighted by Gasteiger charge is 2.24. The van der Waals surface area contributed by atoms with Gasteiger partial charge in [0.1, 0.15) is 10.6 Å². The lowest BCUT2D eigenvalue weighted by Crippen LogP contribution is -2.09. The van der Waals surface area contributed by atoms with Crippen LogP contribution in [-0.2, 0) is 19.6 Å². The van der Waals surface area contributed by atoms with Crippen LogP contribution in [0.3, 0.4) is 0 Å². The summed E-state index contributed by atoms with van der Waals surface area (Å²) in [6.45, 7) is 0. The summed E-state index contributed by atoms with van der Waals surface area (Å²) in [7, 11) is -3.91. The Balaban J connectivity index is 1.53. The molecule has 0 saturated heterocycles. The summed E-state index contributed by atoms with van der Waals surface area (Å²) in [5, 5.41) is 0. The monoisotopic (exact) mass is 483 g/mol. The lowest BCUT2D eigenvalue weighted by Gasteiger charge is -2.07. The molecule has 4 rings (SSSR count). The molecule has 1 heterocycles. The fourth-order valence-electron chi connectivity index (χ4n) is 2.69. The highest BCUT2D eigenvalue weighted by atomic mass is 79.9. The summed E-state index contributed by atoms with van der Waals surface area (Å²) in [6, 6.07) is 21.4. The highest BCUT2D eigenvalue weighted by Crippen LogP contribution is 2.23. The second-order valence-corrected chi connectivity index (χ2v) is 8.73. The van der Waals surface area contributed by atoms with E-state index in [2.05, 4.69) is 20.9 Å². The minimum Gasteiger partial charge on any atom is -0.402 e. The van der Waals surface area contributed by atoms with Gasteiger partial charge in [-0.05, 0) is 54.1 Å². The van der Waals surface area contributed by atoms with E-state index < -0.39 is 16.1 Å². The Hall–Kier alpha value is -3.23. The zero-order valence-corrected chi connectivity index (χ0v) is 17.8. The van der Waals surface area contributed by atoms with Gasteiger partial charge < -0.3 is 8.92 Å². The van der Waals surface area contributed by atoms with Crippen molar-refractivity contribution in [2.75, 3.05) is 0 Å². The zero-order chi connectivity index (χ0) is 21.1. The van der Waals surface area contributed by atoms with E-state index in [1.165, 1.54) is 24.3 Å². The number of hydrogen-bond donors (Lipinski definition) is 0. The Morgan fingerprint density at radius 1 is 0.933 bits per heavy atom. The number of rotatable bonds is 5. The van der Waals surface area contributed by atoms with Gasteiger partial charge in [-0.25, -0.2) is 9.79 Å². The number of halogens is 1. The quantitative estimate of drug-likeness (QED) is 0.301. The van der Waals surface area contributed by atoms with E-state index in [1.54, 1.807) is 48.5 Å². The van der Waals surface area contributed by atoms with E-state index in [1.807, 2.05) is 12.1 Å². The molecule has 8 heteroatoms. The first-order valence-electron chi connectivity index (χ1n) is 8.79. The van der Waals surface area contributed by atoms with Crippen LogP contribution in [0.1, 0.15) is 11.1 Å². The fraction of sp³-hybridized carbons (Fsp3) is 0. The predicted molar refractivity (Wildman–Crippen MR) is 115 cm³/mol. The molecule has 1 aliphatic heterocycles. The minimum atomic E-state index is -3.91. The number of hydrogen-bond acceptors (Lipinski definition) is 6. The zero-order valence-electron chi connectivity index (χ0n) is 15.4. The first-order chi connectivity index (χ1) is 14.4. The maximum absolute atomic E-state index is 12.3. The molecule has 6 nitrogen and oxygen atoms in total. The van der Waals surface area contributed by atoms with Crippen molar-refractivity contribution in [2.24, 2.45) is 4.99 Å². The molecule has 0 fully saturated rings. The van der Waals surface area contributed by atoms with Gasteiger partial charge in [-0.1, -0.05) is 52.3 Å². The number of nitrogens with zero attached hydrogens (tertiary/aromatic N) is 1. The molecule has 0 radical (unpaired) electrons. The molecular weight excluding hydrogens is 470 g/mol. The van der Waals surface area contributed by atoms with Crippen molar-refractivity contribution in [3.8, 4) is 5.75 Å². The SMILES string of the molecule is O=C1OC(c2cccc(Br)c2)=N/C1=C\c1ccc(OS(=O)(=O)c2ccccc2)cc1. The molecule has 0 unspecified atom stereocenters. The number of benzene rings is 3. The molecule has 0 atom stereocenters. The average molecular weight is 484 g/mol. The van der Waals surface area contributed by atoms with E-state index in [-0.39, 0.29) is 22.2 Å². The van der Waals surface area contributed by atoms with Gasteiger partial charge in [-0.2, -0.15) is 8.42 Å². The number of carbonyl (C=O) groups is 1. The molecule has 150 valence electrons. The third-order valence-corrected chi connectivity index (χ3v) is 5.87. The molecule has 3 aromatic rings. The van der Waals surface area contributed by atoms with Crippen LogP contribution in [0.25, 0.3) is 6.08 Å². The van der Waals surface area contributed by atoms with Crippen molar-refractivity contribution in [3.05, 3.63) is 100 Å². The smallest absolute Gasteiger partial charge is 0.363 e. The van der Waals surface area contributed by atoms with Crippen molar-refractivity contribution in [1.82, 2.24) is 0 Å². The van der Waals surface area contributed by atoms with Crippen molar-refractivity contribution < 1.29 is 22.1 Å². The van der Waals surface area contributed by atoms with Crippen molar-refractivity contribution >= 4 is 44.0 Å². The molecule has 0 aliphatic carbocycles. The lowest BCUT2D eigenvalue weighted by atomic mass is 10.2. The average Bonchev–Trinajstić information content (AvgIpc) is 3.10. The first-order valence-corrected chi connectivity index (χ1v) is 11.0. The van der Waals surface area contributed by atoms with Gasteiger partial charge in [0.15, 0.2) is 5.70 Å². The van der Waals surface area contributed by atoms with Crippen LogP contribution in [0, 0.1) is 0 Å². The Labute approximate surface area is 181 Å². The van der Waals surface area contributed by atoms with Crippen LogP contribution in [0.4, 0.5) is 0 Å². The Bertz CT molecular complexity index is 1270. The molecule has 0 aromatic heterocycles. The molecule has 0 saturated carbocycles. The summed E-state index contributed by atoms with van der Waals surface area (Å²) in [5.74, 6) is -0.174. The number of aliphatic imine (C=N–C) groups is 1. The number of cyclic esters (lactones) is 1. The van der Waals surface area contributed by atoms with Crippen LogP contribution in [0.5, 0.6) is 5.75 Å². The molecule has 1 aliphatic rings. The lowest BCUT2D eigenvalue weighted by molar-refractivity contribution is -0.129. The topological polar surface area (TPSA) is 82.0 Å². The van der Waals surface area contributed by atoms with Crippen LogP contribution in [0.2, 0.25) is 0 Å². The predicted octanol–water partition coefficient (Wildman–Crippen LogP) is 4.56. The highest BCUT2D eigenvalue weighted by molar-refractivity contribution is 9.10. The first kappa shape index (κ1) is 20.1. The maximum Gasteiger partial charge on any atom is 0.363 e. The van der Waals surface area contributed by atoms with Crippen LogP contribution >= 0.6 is 15.9 Å². The molecule has 0 spiro atoms. The molecular formula is C22H14BrNO5S. The molecule has 3 aromatic carbocycles. The van der Waals surface area contributed by atoms with Gasteiger partial charge in [0, 0.05) is 10.0 Å². The second kappa shape index (κ2) is 8.25. The van der Waals surface area contributed by atoms with E-state index in [0.29, 0.717) is 11.1 Å². The summed E-state index contributed by atoms with van der Waals surface area (Å²) in [4.78, 5) is 16.5. The Kier molecular flexibility index (Phi) is 5.52. The summed E-state index contributed by atoms with van der Waals surface area (Å²) < 4.78 is 35.8. The molecule has 30 heavy (non-hydrogen) atoms. The third-order valence-electron chi connectivity index (χ3n) is 4.11.